The van der Waals surface area contributed by atoms with E-state index in [4.69, 9.17) is 9.73 Å². The number of carbonyl (C=O) groups excluding carboxylic acids is 1. The zero-order valence-corrected chi connectivity index (χ0v) is 14.2. The number of ether oxygens (including phenoxy) is 1. The Hall–Kier alpha value is -1.75. The molecule has 0 unspecified atom stereocenters. The number of amides is 1. The minimum Gasteiger partial charge on any atom is -0.493 e. The molecule has 1 saturated heterocycles. The number of rotatable bonds is 4. The molecule has 1 saturated carbocycles. The lowest BCUT2D eigenvalue weighted by atomic mass is 9.96. The van der Waals surface area contributed by atoms with Crippen LogP contribution >= 0.6 is 11.8 Å². The molecular weight excluding hydrogens is 308 g/mol. The van der Waals surface area contributed by atoms with Crippen LogP contribution in [-0.4, -0.2) is 23.7 Å². The Morgan fingerprint density at radius 2 is 2.09 bits per heavy atom. The minimum atomic E-state index is -0.0733. The zero-order valence-electron chi connectivity index (χ0n) is 13.4. The molecule has 0 atom stereocenters. The maximum absolute atomic E-state index is 12.2. The third-order valence-corrected chi connectivity index (χ3v) is 4.95. The molecule has 2 aliphatic rings. The van der Waals surface area contributed by atoms with E-state index >= 15 is 0 Å². The fourth-order valence-corrected chi connectivity index (χ4v) is 3.78. The van der Waals surface area contributed by atoms with Gasteiger partial charge in [0.15, 0.2) is 5.17 Å². The predicted molar refractivity (Wildman–Crippen MR) is 95.6 cm³/mol. The number of benzene rings is 1. The summed E-state index contributed by atoms with van der Waals surface area (Å²) in [4.78, 5) is 17.6. The zero-order chi connectivity index (χ0) is 16.1. The highest BCUT2D eigenvalue weighted by Gasteiger charge is 2.25. The molecule has 5 heteroatoms. The van der Waals surface area contributed by atoms with Gasteiger partial charge in [-0.05, 0) is 43.7 Å². The highest BCUT2D eigenvalue weighted by molar-refractivity contribution is 8.18. The van der Waals surface area contributed by atoms with Crippen LogP contribution in [0.25, 0.3) is 6.08 Å². The second-order valence-corrected chi connectivity index (χ2v) is 6.79. The monoisotopic (exact) mass is 330 g/mol. The molecule has 1 aliphatic heterocycles. The van der Waals surface area contributed by atoms with Crippen LogP contribution in [0.15, 0.2) is 34.2 Å². The molecule has 23 heavy (non-hydrogen) atoms. The van der Waals surface area contributed by atoms with E-state index in [2.05, 4.69) is 5.32 Å². The van der Waals surface area contributed by atoms with Crippen molar-refractivity contribution in [1.29, 1.82) is 0 Å². The van der Waals surface area contributed by atoms with Gasteiger partial charge in [0.25, 0.3) is 5.91 Å². The van der Waals surface area contributed by atoms with Gasteiger partial charge in [0.1, 0.15) is 5.75 Å². The minimum absolute atomic E-state index is 0.0733. The molecule has 1 amide bonds. The first-order valence-corrected chi connectivity index (χ1v) is 9.08. The summed E-state index contributed by atoms with van der Waals surface area (Å²) in [5.74, 6) is 0.726. The second kappa shape index (κ2) is 7.68. The third kappa shape index (κ3) is 4.16. The van der Waals surface area contributed by atoms with Crippen LogP contribution in [0, 0.1) is 0 Å². The number of thioether (sulfide) groups is 1. The van der Waals surface area contributed by atoms with E-state index in [1.54, 1.807) is 0 Å². The van der Waals surface area contributed by atoms with E-state index in [1.165, 1.54) is 31.0 Å². The summed E-state index contributed by atoms with van der Waals surface area (Å²) >= 11 is 1.43. The third-order valence-electron chi connectivity index (χ3n) is 4.03. The number of nitrogens with zero attached hydrogens (tertiary/aromatic N) is 1. The Kier molecular flexibility index (Phi) is 5.39. The molecule has 4 nitrogen and oxygen atoms in total. The van der Waals surface area contributed by atoms with Gasteiger partial charge in [-0.2, -0.15) is 0 Å². The number of amidine groups is 1. The summed E-state index contributed by atoms with van der Waals surface area (Å²) in [6.45, 7) is 2.56. The van der Waals surface area contributed by atoms with E-state index in [9.17, 15) is 4.79 Å². The van der Waals surface area contributed by atoms with E-state index < -0.39 is 0 Å². The van der Waals surface area contributed by atoms with Crippen molar-refractivity contribution in [2.45, 2.75) is 45.1 Å². The molecule has 2 fully saturated rings. The largest absolute Gasteiger partial charge is 0.493 e. The highest BCUT2D eigenvalue weighted by Crippen LogP contribution is 2.30. The summed E-state index contributed by atoms with van der Waals surface area (Å²) in [5.41, 5.74) is 0.922. The van der Waals surface area contributed by atoms with Crippen LogP contribution in [0.4, 0.5) is 0 Å². The predicted octanol–water partition coefficient (Wildman–Crippen LogP) is 3.98. The number of hydrogen-bond donors (Lipinski definition) is 1. The summed E-state index contributed by atoms with van der Waals surface area (Å²) in [6.07, 6.45) is 7.93. The number of para-hydroxylation sites is 1. The number of hydrogen-bond acceptors (Lipinski definition) is 4. The van der Waals surface area contributed by atoms with Crippen molar-refractivity contribution in [3.8, 4) is 5.75 Å². The Bertz CT molecular complexity index is 634. The fraction of sp³-hybridized carbons (Fsp3) is 0.444. The molecule has 1 aliphatic carbocycles. The maximum Gasteiger partial charge on any atom is 0.264 e. The van der Waals surface area contributed by atoms with Crippen LogP contribution in [0.2, 0.25) is 0 Å². The van der Waals surface area contributed by atoms with Crippen molar-refractivity contribution in [2.75, 3.05) is 6.61 Å². The quantitative estimate of drug-likeness (QED) is 0.850. The lowest BCUT2D eigenvalue weighted by Crippen LogP contribution is -2.22. The second-order valence-electron chi connectivity index (χ2n) is 5.76. The van der Waals surface area contributed by atoms with Gasteiger partial charge in [0, 0.05) is 5.56 Å². The lowest BCUT2D eigenvalue weighted by Gasteiger charge is -2.17. The van der Waals surface area contributed by atoms with Gasteiger partial charge < -0.3 is 10.1 Å². The molecule has 0 bridgehead atoms. The molecule has 3 rings (SSSR count). The van der Waals surface area contributed by atoms with Crippen molar-refractivity contribution >= 4 is 28.9 Å². The van der Waals surface area contributed by atoms with Crippen LogP contribution in [0.3, 0.4) is 0 Å². The average Bonchev–Trinajstić information content (AvgIpc) is 2.90. The van der Waals surface area contributed by atoms with Crippen LogP contribution in [-0.2, 0) is 4.79 Å². The first kappa shape index (κ1) is 16.1. The normalized spacial score (nSPS) is 22.6. The smallest absolute Gasteiger partial charge is 0.264 e. The number of aliphatic imine (C=N–C) groups is 1. The van der Waals surface area contributed by atoms with Crippen molar-refractivity contribution < 1.29 is 9.53 Å². The van der Waals surface area contributed by atoms with Gasteiger partial charge in [-0.3, -0.25) is 9.79 Å². The van der Waals surface area contributed by atoms with E-state index in [0.29, 0.717) is 17.6 Å². The van der Waals surface area contributed by atoms with Gasteiger partial charge in [0.2, 0.25) is 0 Å². The van der Waals surface area contributed by atoms with Crippen LogP contribution < -0.4 is 10.1 Å². The molecular formula is C18H22N2O2S. The van der Waals surface area contributed by atoms with Crippen molar-refractivity contribution in [3.05, 3.63) is 34.7 Å². The maximum atomic E-state index is 12.2. The fourth-order valence-electron chi connectivity index (χ4n) is 2.89. The molecule has 1 heterocycles. The first-order chi connectivity index (χ1) is 11.3. The SMILES string of the molecule is CCOc1ccccc1/C=C1/SC(=NC2CCCCC2)NC1=O. The Morgan fingerprint density at radius 3 is 2.87 bits per heavy atom. The Balaban J connectivity index is 1.76. The molecule has 0 radical (unpaired) electrons. The summed E-state index contributed by atoms with van der Waals surface area (Å²) in [7, 11) is 0. The van der Waals surface area contributed by atoms with Crippen LogP contribution in [0.1, 0.15) is 44.6 Å². The molecule has 1 aromatic rings. The molecule has 0 spiro atoms. The summed E-state index contributed by atoms with van der Waals surface area (Å²) < 4.78 is 5.62. The van der Waals surface area contributed by atoms with Crippen molar-refractivity contribution in [2.24, 2.45) is 4.99 Å². The average molecular weight is 330 g/mol. The van der Waals surface area contributed by atoms with Crippen LogP contribution in [0.5, 0.6) is 5.75 Å². The summed E-state index contributed by atoms with van der Waals surface area (Å²) in [5, 5.41) is 3.63. The van der Waals surface area contributed by atoms with E-state index in [-0.39, 0.29) is 5.91 Å². The highest BCUT2D eigenvalue weighted by atomic mass is 32.2. The molecule has 122 valence electrons. The Morgan fingerprint density at radius 1 is 1.30 bits per heavy atom. The lowest BCUT2D eigenvalue weighted by molar-refractivity contribution is -0.115. The van der Waals surface area contributed by atoms with E-state index in [1.807, 2.05) is 37.3 Å². The standard InChI is InChI=1S/C18H22N2O2S/c1-2-22-15-11-7-6-8-13(15)12-16-17(21)20-18(23-16)19-14-9-4-3-5-10-14/h6-8,11-12,14H,2-5,9-10H2,1H3,(H,19,20,21)/b16-12+. The topological polar surface area (TPSA) is 50.7 Å². The Labute approximate surface area is 141 Å². The van der Waals surface area contributed by atoms with Crippen molar-refractivity contribution in [1.82, 2.24) is 5.32 Å². The molecule has 1 N–H and O–H groups in total. The van der Waals surface area contributed by atoms with Gasteiger partial charge in [-0.25, -0.2) is 0 Å². The van der Waals surface area contributed by atoms with E-state index in [0.717, 1.165) is 29.3 Å². The van der Waals surface area contributed by atoms with Gasteiger partial charge >= 0.3 is 0 Å². The number of nitrogens with one attached hydrogen (secondary N) is 1. The first-order valence-electron chi connectivity index (χ1n) is 8.27. The molecule has 1 aromatic carbocycles. The van der Waals surface area contributed by atoms with Gasteiger partial charge in [0.05, 0.1) is 17.6 Å². The van der Waals surface area contributed by atoms with Gasteiger partial charge in [-0.15, -0.1) is 0 Å². The summed E-state index contributed by atoms with van der Waals surface area (Å²) in [6, 6.07) is 8.13. The molecule has 0 aromatic heterocycles. The van der Waals surface area contributed by atoms with Crippen molar-refractivity contribution in [3.63, 3.8) is 0 Å². The number of carbonyl (C=O) groups is 1. The van der Waals surface area contributed by atoms with Gasteiger partial charge in [-0.1, -0.05) is 37.5 Å².